The van der Waals surface area contributed by atoms with Gasteiger partial charge in [0.15, 0.2) is 6.61 Å². The van der Waals surface area contributed by atoms with Crippen LogP contribution in [-0.4, -0.2) is 45.8 Å². The van der Waals surface area contributed by atoms with Crippen LogP contribution in [-0.2, 0) is 25.6 Å². The van der Waals surface area contributed by atoms with Crippen molar-refractivity contribution in [1.82, 2.24) is 9.78 Å². The first-order valence-corrected chi connectivity index (χ1v) is 9.64. The van der Waals surface area contributed by atoms with E-state index in [4.69, 9.17) is 9.47 Å². The molecule has 1 aromatic heterocycles. The Morgan fingerprint density at radius 1 is 1.16 bits per heavy atom. The number of carbonyl (C=O) groups excluding carboxylic acids is 3. The molecule has 1 heterocycles. The Bertz CT molecular complexity index is 967. The molecule has 0 aliphatic rings. The van der Waals surface area contributed by atoms with E-state index >= 15 is 0 Å². The van der Waals surface area contributed by atoms with Gasteiger partial charge >= 0.3 is 17.6 Å². The second-order valence-electron chi connectivity index (χ2n) is 6.71. The molecule has 2 rings (SSSR count). The van der Waals surface area contributed by atoms with E-state index in [2.05, 4.69) is 10.4 Å². The number of esters is 2. The van der Waals surface area contributed by atoms with Crippen molar-refractivity contribution in [3.63, 3.8) is 0 Å². The number of ether oxygens (including phenoxy) is 2. The van der Waals surface area contributed by atoms with Crippen LogP contribution in [0.4, 0.5) is 11.4 Å². The number of benzene rings is 1. The van der Waals surface area contributed by atoms with E-state index in [-0.39, 0.29) is 23.6 Å². The number of amides is 1. The van der Waals surface area contributed by atoms with E-state index < -0.39 is 29.4 Å². The molecule has 0 radical (unpaired) electrons. The van der Waals surface area contributed by atoms with Gasteiger partial charge in [-0.3, -0.25) is 24.4 Å². The van der Waals surface area contributed by atoms with Crippen LogP contribution in [0.1, 0.15) is 41.5 Å². The lowest BCUT2D eigenvalue weighted by molar-refractivity contribution is -0.386. The van der Waals surface area contributed by atoms with Crippen molar-refractivity contribution >= 4 is 29.2 Å². The van der Waals surface area contributed by atoms with E-state index in [0.717, 1.165) is 17.5 Å². The van der Waals surface area contributed by atoms with Gasteiger partial charge in [0.2, 0.25) is 0 Å². The third kappa shape index (κ3) is 6.63. The van der Waals surface area contributed by atoms with Crippen molar-refractivity contribution in [1.29, 1.82) is 0 Å². The number of nitro groups is 1. The van der Waals surface area contributed by atoms with Crippen LogP contribution >= 0.6 is 0 Å². The van der Waals surface area contributed by atoms with Crippen molar-refractivity contribution in [3.05, 3.63) is 51.3 Å². The highest BCUT2D eigenvalue weighted by atomic mass is 16.6. The number of unbranched alkanes of at least 4 members (excludes halogenated alkanes) is 1. The minimum Gasteiger partial charge on any atom is -0.462 e. The van der Waals surface area contributed by atoms with Gasteiger partial charge in [-0.25, -0.2) is 4.79 Å². The molecule has 0 aliphatic heterocycles. The minimum absolute atomic E-state index is 0.164. The van der Waals surface area contributed by atoms with Crippen molar-refractivity contribution in [2.24, 2.45) is 0 Å². The molecule has 0 aliphatic carbocycles. The molecule has 31 heavy (non-hydrogen) atoms. The van der Waals surface area contributed by atoms with Crippen LogP contribution in [0.5, 0.6) is 0 Å². The van der Waals surface area contributed by atoms with E-state index in [1.807, 2.05) is 6.92 Å². The van der Waals surface area contributed by atoms with Gasteiger partial charge in [0, 0.05) is 5.69 Å². The lowest BCUT2D eigenvalue weighted by atomic mass is 10.2. The maximum atomic E-state index is 12.0. The third-order valence-electron chi connectivity index (χ3n) is 4.30. The zero-order valence-corrected chi connectivity index (χ0v) is 17.5. The molecule has 1 amide bonds. The number of carbonyl (C=O) groups is 3. The smallest absolute Gasteiger partial charge is 0.338 e. The number of hydrogen-bond acceptors (Lipinski definition) is 8. The van der Waals surface area contributed by atoms with Crippen molar-refractivity contribution in [2.45, 2.75) is 40.2 Å². The van der Waals surface area contributed by atoms with Crippen molar-refractivity contribution in [3.8, 4) is 0 Å². The van der Waals surface area contributed by atoms with Crippen molar-refractivity contribution < 1.29 is 28.8 Å². The average Bonchev–Trinajstić information content (AvgIpc) is 3.00. The minimum atomic E-state index is -0.763. The second kappa shape index (κ2) is 10.9. The monoisotopic (exact) mass is 432 g/mol. The normalized spacial score (nSPS) is 10.4. The maximum Gasteiger partial charge on any atom is 0.338 e. The summed E-state index contributed by atoms with van der Waals surface area (Å²) in [5.41, 5.74) is 1.02. The predicted octanol–water partition coefficient (Wildman–Crippen LogP) is 2.55. The van der Waals surface area contributed by atoms with Crippen LogP contribution in [0.25, 0.3) is 0 Å². The quantitative estimate of drug-likeness (QED) is 0.261. The molecule has 0 saturated carbocycles. The van der Waals surface area contributed by atoms with Crippen LogP contribution in [0.15, 0.2) is 24.3 Å². The Kier molecular flexibility index (Phi) is 8.24. The molecule has 1 aromatic carbocycles. The summed E-state index contributed by atoms with van der Waals surface area (Å²) >= 11 is 0. The fraction of sp³-hybridized carbons (Fsp3) is 0.400. The molecule has 0 atom stereocenters. The Morgan fingerprint density at radius 2 is 1.84 bits per heavy atom. The molecule has 0 bridgehead atoms. The zero-order valence-electron chi connectivity index (χ0n) is 17.5. The Hall–Kier alpha value is -3.76. The lowest BCUT2D eigenvalue weighted by Crippen LogP contribution is -2.23. The number of rotatable bonds is 10. The summed E-state index contributed by atoms with van der Waals surface area (Å²) in [6.07, 6.45) is 1.71. The third-order valence-corrected chi connectivity index (χ3v) is 4.30. The highest BCUT2D eigenvalue weighted by molar-refractivity contribution is 5.94. The standard InChI is InChI=1S/C20H24N4O7/c1-4-5-10-30-20(27)15-6-8-16(9-7-15)21-17(25)12-31-18(26)11-23-14(3)19(24(28)29)13(2)22-23/h6-9H,4-5,10-12H2,1-3H3,(H,21,25). The number of hydrogen-bond donors (Lipinski definition) is 1. The number of aryl methyl sites for hydroxylation is 1. The van der Waals surface area contributed by atoms with E-state index in [0.29, 0.717) is 17.9 Å². The van der Waals surface area contributed by atoms with Crippen LogP contribution < -0.4 is 5.32 Å². The predicted molar refractivity (Wildman–Crippen MR) is 110 cm³/mol. The number of nitrogens with zero attached hydrogens (tertiary/aromatic N) is 3. The lowest BCUT2D eigenvalue weighted by Gasteiger charge is -2.08. The summed E-state index contributed by atoms with van der Waals surface area (Å²) in [6.45, 7) is 4.39. The summed E-state index contributed by atoms with van der Waals surface area (Å²) in [4.78, 5) is 46.2. The Morgan fingerprint density at radius 3 is 2.42 bits per heavy atom. The van der Waals surface area contributed by atoms with Crippen LogP contribution in [0, 0.1) is 24.0 Å². The van der Waals surface area contributed by atoms with Gasteiger partial charge in [0.05, 0.1) is 17.1 Å². The molecule has 1 N–H and O–H groups in total. The van der Waals surface area contributed by atoms with Crippen LogP contribution in [0.3, 0.4) is 0 Å². The maximum absolute atomic E-state index is 12.0. The first-order chi connectivity index (χ1) is 14.7. The molecule has 11 nitrogen and oxygen atoms in total. The molecule has 0 fully saturated rings. The van der Waals surface area contributed by atoms with Gasteiger partial charge in [-0.2, -0.15) is 5.10 Å². The fourth-order valence-electron chi connectivity index (χ4n) is 2.70. The van der Waals surface area contributed by atoms with Gasteiger partial charge in [0.25, 0.3) is 5.91 Å². The van der Waals surface area contributed by atoms with E-state index in [1.54, 1.807) is 0 Å². The van der Waals surface area contributed by atoms with Gasteiger partial charge in [-0.05, 0) is 44.5 Å². The number of aromatic nitrogens is 2. The first kappa shape index (κ1) is 23.5. The zero-order chi connectivity index (χ0) is 23.0. The average molecular weight is 432 g/mol. The summed E-state index contributed by atoms with van der Waals surface area (Å²) in [5.74, 6) is -1.78. The number of anilines is 1. The topological polar surface area (TPSA) is 143 Å². The summed E-state index contributed by atoms with van der Waals surface area (Å²) in [7, 11) is 0. The summed E-state index contributed by atoms with van der Waals surface area (Å²) < 4.78 is 11.2. The molecular formula is C20H24N4O7. The SMILES string of the molecule is CCCCOC(=O)c1ccc(NC(=O)COC(=O)Cn2nc(C)c([N+](=O)[O-])c2C)cc1. The van der Waals surface area contributed by atoms with E-state index in [1.165, 1.54) is 38.1 Å². The van der Waals surface area contributed by atoms with Gasteiger partial charge in [-0.15, -0.1) is 0 Å². The molecule has 0 saturated heterocycles. The molecular weight excluding hydrogens is 408 g/mol. The van der Waals surface area contributed by atoms with Crippen LogP contribution in [0.2, 0.25) is 0 Å². The number of nitrogens with one attached hydrogen (secondary N) is 1. The Balaban J connectivity index is 1.82. The molecule has 2 aromatic rings. The van der Waals surface area contributed by atoms with Gasteiger partial charge < -0.3 is 14.8 Å². The largest absolute Gasteiger partial charge is 0.462 e. The highest BCUT2D eigenvalue weighted by Gasteiger charge is 2.23. The summed E-state index contributed by atoms with van der Waals surface area (Å²) in [6, 6.07) is 6.10. The first-order valence-electron chi connectivity index (χ1n) is 9.64. The fourth-order valence-corrected chi connectivity index (χ4v) is 2.70. The molecule has 11 heteroatoms. The van der Waals surface area contributed by atoms with Gasteiger partial charge in [0.1, 0.15) is 17.9 Å². The van der Waals surface area contributed by atoms with E-state index in [9.17, 15) is 24.5 Å². The highest BCUT2D eigenvalue weighted by Crippen LogP contribution is 2.21. The second-order valence-corrected chi connectivity index (χ2v) is 6.71. The summed E-state index contributed by atoms with van der Waals surface area (Å²) in [5, 5.41) is 17.5. The Labute approximate surface area is 178 Å². The molecule has 166 valence electrons. The van der Waals surface area contributed by atoms with Crippen molar-refractivity contribution in [2.75, 3.05) is 18.5 Å². The molecule has 0 spiro atoms. The van der Waals surface area contributed by atoms with Gasteiger partial charge in [-0.1, -0.05) is 13.3 Å². The molecule has 0 unspecified atom stereocenters.